The smallest absolute Gasteiger partial charge is 0.165 e. The van der Waals surface area contributed by atoms with Crippen molar-refractivity contribution in [3.63, 3.8) is 0 Å². The van der Waals surface area contributed by atoms with E-state index in [1.807, 2.05) is 13.0 Å². The van der Waals surface area contributed by atoms with Gasteiger partial charge in [0.1, 0.15) is 0 Å². The van der Waals surface area contributed by atoms with E-state index in [1.54, 1.807) is 6.07 Å². The van der Waals surface area contributed by atoms with Gasteiger partial charge in [-0.05, 0) is 36.8 Å². The molecule has 0 heterocycles. The second-order valence-corrected chi connectivity index (χ2v) is 5.13. The van der Waals surface area contributed by atoms with Gasteiger partial charge in [-0.25, -0.2) is 4.39 Å². The summed E-state index contributed by atoms with van der Waals surface area (Å²) in [7, 11) is 0. The van der Waals surface area contributed by atoms with Crippen LogP contribution in [0.5, 0.6) is 5.75 Å². The largest absolute Gasteiger partial charge is 0.490 e. The third kappa shape index (κ3) is 4.65. The molecule has 0 amide bonds. The molecular weight excluding hydrogens is 229 g/mol. The summed E-state index contributed by atoms with van der Waals surface area (Å²) in [4.78, 5) is 0. The Kier molecular flexibility index (Phi) is 6.13. The second kappa shape index (κ2) is 7.37. The molecule has 0 aromatic heterocycles. The van der Waals surface area contributed by atoms with Crippen molar-refractivity contribution in [2.24, 2.45) is 11.7 Å². The number of benzene rings is 1. The van der Waals surface area contributed by atoms with Gasteiger partial charge in [-0.2, -0.15) is 0 Å². The SMILES string of the molecule is CCC(N)Cc1cccc(F)c1OCCC(C)C. The van der Waals surface area contributed by atoms with Crippen LogP contribution >= 0.6 is 0 Å². The van der Waals surface area contributed by atoms with Gasteiger partial charge in [0.15, 0.2) is 11.6 Å². The molecule has 0 aliphatic carbocycles. The highest BCUT2D eigenvalue weighted by Gasteiger charge is 2.12. The fraction of sp³-hybridized carbons (Fsp3) is 0.600. The van der Waals surface area contributed by atoms with Crippen molar-refractivity contribution in [3.05, 3.63) is 29.6 Å². The molecule has 1 aromatic rings. The van der Waals surface area contributed by atoms with Gasteiger partial charge in [-0.3, -0.25) is 0 Å². The van der Waals surface area contributed by atoms with Crippen molar-refractivity contribution in [1.29, 1.82) is 0 Å². The Hall–Kier alpha value is -1.09. The minimum absolute atomic E-state index is 0.0549. The lowest BCUT2D eigenvalue weighted by Crippen LogP contribution is -2.22. The lowest BCUT2D eigenvalue weighted by atomic mass is 10.0. The zero-order valence-corrected chi connectivity index (χ0v) is 11.6. The monoisotopic (exact) mass is 253 g/mol. The Morgan fingerprint density at radius 1 is 1.33 bits per heavy atom. The van der Waals surface area contributed by atoms with Crippen LogP contribution in [0.25, 0.3) is 0 Å². The third-order valence-electron chi connectivity index (χ3n) is 3.00. The summed E-state index contributed by atoms with van der Waals surface area (Å²) < 4.78 is 19.4. The van der Waals surface area contributed by atoms with E-state index >= 15 is 0 Å². The predicted molar refractivity (Wildman–Crippen MR) is 73.3 cm³/mol. The number of nitrogens with two attached hydrogens (primary N) is 1. The first-order chi connectivity index (χ1) is 8.54. The maximum absolute atomic E-state index is 13.8. The first-order valence-electron chi connectivity index (χ1n) is 6.70. The molecule has 1 atom stereocenters. The molecule has 0 aliphatic heterocycles. The van der Waals surface area contributed by atoms with Crippen LogP contribution in [-0.2, 0) is 6.42 Å². The summed E-state index contributed by atoms with van der Waals surface area (Å²) in [6.45, 7) is 6.83. The maximum Gasteiger partial charge on any atom is 0.165 e. The van der Waals surface area contributed by atoms with Crippen LogP contribution in [0.4, 0.5) is 4.39 Å². The number of para-hydroxylation sites is 1. The molecule has 102 valence electrons. The molecule has 0 bridgehead atoms. The minimum Gasteiger partial charge on any atom is -0.490 e. The van der Waals surface area contributed by atoms with Crippen molar-refractivity contribution in [1.82, 2.24) is 0 Å². The highest BCUT2D eigenvalue weighted by molar-refractivity contribution is 5.35. The molecule has 0 fully saturated rings. The highest BCUT2D eigenvalue weighted by atomic mass is 19.1. The van der Waals surface area contributed by atoms with Crippen LogP contribution in [0.15, 0.2) is 18.2 Å². The van der Waals surface area contributed by atoms with E-state index in [4.69, 9.17) is 10.5 Å². The standard InChI is InChI=1S/C15H24FNO/c1-4-13(17)10-12-6-5-7-14(16)15(12)18-9-8-11(2)3/h5-7,11,13H,4,8-10,17H2,1-3H3. The number of ether oxygens (including phenoxy) is 1. The van der Waals surface area contributed by atoms with Crippen LogP contribution in [0.1, 0.15) is 39.2 Å². The van der Waals surface area contributed by atoms with E-state index in [0.29, 0.717) is 24.7 Å². The number of halogens is 1. The summed E-state index contributed by atoms with van der Waals surface area (Å²) in [5.41, 5.74) is 6.79. The van der Waals surface area contributed by atoms with Crippen molar-refractivity contribution in [3.8, 4) is 5.75 Å². The Labute approximate surface area is 109 Å². The molecule has 0 spiro atoms. The van der Waals surface area contributed by atoms with E-state index < -0.39 is 0 Å². The molecule has 2 nitrogen and oxygen atoms in total. The molecule has 0 saturated heterocycles. The van der Waals surface area contributed by atoms with E-state index in [9.17, 15) is 4.39 Å². The van der Waals surface area contributed by atoms with E-state index in [0.717, 1.165) is 18.4 Å². The van der Waals surface area contributed by atoms with E-state index in [1.165, 1.54) is 6.07 Å². The highest BCUT2D eigenvalue weighted by Crippen LogP contribution is 2.24. The minimum atomic E-state index is -0.292. The van der Waals surface area contributed by atoms with Crippen LogP contribution < -0.4 is 10.5 Å². The Balaban J connectivity index is 2.74. The molecule has 1 aromatic carbocycles. The number of hydrogen-bond acceptors (Lipinski definition) is 2. The van der Waals surface area contributed by atoms with Crippen LogP contribution in [0.2, 0.25) is 0 Å². The summed E-state index contributed by atoms with van der Waals surface area (Å²) in [6, 6.07) is 5.09. The van der Waals surface area contributed by atoms with Crippen molar-refractivity contribution in [2.45, 2.75) is 46.1 Å². The average Bonchev–Trinajstić information content (AvgIpc) is 2.32. The molecule has 0 saturated carbocycles. The second-order valence-electron chi connectivity index (χ2n) is 5.13. The molecule has 1 unspecified atom stereocenters. The van der Waals surface area contributed by atoms with Gasteiger partial charge >= 0.3 is 0 Å². The molecule has 1 rings (SSSR count). The van der Waals surface area contributed by atoms with Crippen molar-refractivity contribution >= 4 is 0 Å². The van der Waals surface area contributed by atoms with E-state index in [-0.39, 0.29) is 11.9 Å². The Morgan fingerprint density at radius 3 is 2.67 bits per heavy atom. The predicted octanol–water partition coefficient (Wildman–Crippen LogP) is 3.53. The van der Waals surface area contributed by atoms with Crippen LogP contribution in [-0.4, -0.2) is 12.6 Å². The lowest BCUT2D eigenvalue weighted by molar-refractivity contribution is 0.273. The molecule has 0 radical (unpaired) electrons. The molecule has 0 aliphatic rings. The van der Waals surface area contributed by atoms with Crippen LogP contribution in [0, 0.1) is 11.7 Å². The van der Waals surface area contributed by atoms with Gasteiger partial charge in [0.2, 0.25) is 0 Å². The zero-order chi connectivity index (χ0) is 13.5. The summed E-state index contributed by atoms with van der Waals surface area (Å²) in [5.74, 6) is 0.639. The van der Waals surface area contributed by atoms with Gasteiger partial charge in [-0.1, -0.05) is 32.9 Å². The molecular formula is C15H24FNO. The van der Waals surface area contributed by atoms with E-state index in [2.05, 4.69) is 13.8 Å². The average molecular weight is 253 g/mol. The van der Waals surface area contributed by atoms with Gasteiger partial charge in [0.05, 0.1) is 6.61 Å². The number of rotatable bonds is 7. The number of hydrogen-bond donors (Lipinski definition) is 1. The molecule has 18 heavy (non-hydrogen) atoms. The molecule has 3 heteroatoms. The Morgan fingerprint density at radius 2 is 2.06 bits per heavy atom. The Bertz CT molecular complexity index is 366. The van der Waals surface area contributed by atoms with Crippen molar-refractivity contribution in [2.75, 3.05) is 6.61 Å². The first kappa shape index (κ1) is 15.0. The van der Waals surface area contributed by atoms with Gasteiger partial charge < -0.3 is 10.5 Å². The first-order valence-corrected chi connectivity index (χ1v) is 6.70. The fourth-order valence-corrected chi connectivity index (χ4v) is 1.70. The zero-order valence-electron chi connectivity index (χ0n) is 11.6. The molecule has 2 N–H and O–H groups in total. The lowest BCUT2D eigenvalue weighted by Gasteiger charge is -2.15. The van der Waals surface area contributed by atoms with Gasteiger partial charge in [-0.15, -0.1) is 0 Å². The van der Waals surface area contributed by atoms with Gasteiger partial charge in [0.25, 0.3) is 0 Å². The quantitative estimate of drug-likeness (QED) is 0.806. The van der Waals surface area contributed by atoms with Crippen LogP contribution in [0.3, 0.4) is 0 Å². The topological polar surface area (TPSA) is 35.2 Å². The van der Waals surface area contributed by atoms with Crippen molar-refractivity contribution < 1.29 is 9.13 Å². The maximum atomic E-state index is 13.8. The third-order valence-corrected chi connectivity index (χ3v) is 3.00. The van der Waals surface area contributed by atoms with Gasteiger partial charge in [0, 0.05) is 6.04 Å². The fourth-order valence-electron chi connectivity index (χ4n) is 1.70. The normalized spacial score (nSPS) is 12.8. The summed E-state index contributed by atoms with van der Waals surface area (Å²) >= 11 is 0. The summed E-state index contributed by atoms with van der Waals surface area (Å²) in [6.07, 6.45) is 2.46. The summed E-state index contributed by atoms with van der Waals surface area (Å²) in [5, 5.41) is 0.